The Morgan fingerprint density at radius 3 is 2.58 bits per heavy atom. The van der Waals surface area contributed by atoms with E-state index in [1.54, 1.807) is 16.0 Å². The molecule has 3 saturated heterocycles. The minimum Gasteiger partial charge on any atom is -0.356 e. The fourth-order valence-corrected chi connectivity index (χ4v) is 6.23. The first kappa shape index (κ1) is 25.4. The summed E-state index contributed by atoms with van der Waals surface area (Å²) in [5.74, 6) is 6.89. The van der Waals surface area contributed by atoms with Crippen molar-refractivity contribution in [2.45, 2.75) is 37.6 Å². The highest BCUT2D eigenvalue weighted by atomic mass is 35.5. The van der Waals surface area contributed by atoms with Crippen LogP contribution in [0.1, 0.15) is 59.4 Å². The van der Waals surface area contributed by atoms with Gasteiger partial charge in [0.15, 0.2) is 5.65 Å². The highest BCUT2D eigenvalue weighted by Gasteiger charge is 2.34. The normalized spacial score (nSPS) is 20.9. The lowest BCUT2D eigenvalue weighted by atomic mass is 9.97. The van der Waals surface area contributed by atoms with E-state index in [2.05, 4.69) is 15.7 Å². The minimum atomic E-state index is -3.59. The summed E-state index contributed by atoms with van der Waals surface area (Å²) in [7, 11) is -3.59. The quantitative estimate of drug-likeness (QED) is 0.442. The maximum Gasteiger partial charge on any atom is 0.256 e. The molecule has 3 aromatic rings. The smallest absolute Gasteiger partial charge is 0.256 e. The maximum atomic E-state index is 13.9. The minimum absolute atomic E-state index is 0.209. The Morgan fingerprint density at radius 1 is 1.11 bits per heavy atom. The molecule has 3 fully saturated rings. The number of nitrogens with zero attached hydrogens (tertiary/aromatic N) is 6. The number of nitrogens with one attached hydrogen (secondary N) is 1. The molecule has 5 heterocycles. The number of nitrogens with two attached hydrogens (primary N) is 1. The predicted molar refractivity (Wildman–Crippen MR) is 146 cm³/mol. The van der Waals surface area contributed by atoms with Crippen molar-refractivity contribution < 1.29 is 13.2 Å². The predicted octanol–water partition coefficient (Wildman–Crippen LogP) is 2.60. The van der Waals surface area contributed by atoms with E-state index in [9.17, 15) is 13.2 Å². The second-order valence-corrected chi connectivity index (χ2v) is 12.6. The standard InChI is InChI=1S/C25H31ClN8O3S/c1-38(36,37)30-19-7-6-17(26)11-18(19)25(35)33-10-3-2-5-21(33)20-12-24-28-23(31-8-4-9-31)13-22(34(24)29-20)16-14-32(27)15-16/h6-7,11-13,16,21,30H,2-5,8-10,14-15,27H2,1H3/t21-/m0/s1. The lowest BCUT2D eigenvalue weighted by Gasteiger charge is -2.37. The molecule has 0 saturated carbocycles. The molecule has 0 radical (unpaired) electrons. The van der Waals surface area contributed by atoms with Gasteiger partial charge in [0.25, 0.3) is 5.91 Å². The van der Waals surface area contributed by atoms with Crippen LogP contribution in [0.4, 0.5) is 11.5 Å². The number of likely N-dealkylation sites (tertiary alicyclic amines) is 1. The number of anilines is 2. The lowest BCUT2D eigenvalue weighted by Crippen LogP contribution is -2.50. The molecule has 2 aromatic heterocycles. The van der Waals surface area contributed by atoms with Crippen molar-refractivity contribution >= 4 is 44.7 Å². The fourth-order valence-electron chi connectivity index (χ4n) is 5.48. The Labute approximate surface area is 226 Å². The summed E-state index contributed by atoms with van der Waals surface area (Å²) < 4.78 is 28.3. The third-order valence-electron chi connectivity index (χ3n) is 7.58. The fraction of sp³-hybridized carbons (Fsp3) is 0.480. The van der Waals surface area contributed by atoms with Gasteiger partial charge in [0.2, 0.25) is 10.0 Å². The third-order valence-corrected chi connectivity index (χ3v) is 8.41. The molecule has 202 valence electrons. The average molecular weight is 559 g/mol. The van der Waals surface area contributed by atoms with Crippen molar-refractivity contribution in [2.24, 2.45) is 5.84 Å². The number of rotatable bonds is 6. The molecular formula is C25H31ClN8O3S. The Morgan fingerprint density at radius 2 is 1.89 bits per heavy atom. The van der Waals surface area contributed by atoms with E-state index in [0.717, 1.165) is 81.0 Å². The Hall–Kier alpha value is -2.93. The van der Waals surface area contributed by atoms with E-state index in [-0.39, 0.29) is 29.1 Å². The molecule has 3 aliphatic rings. The molecule has 0 aliphatic carbocycles. The Kier molecular flexibility index (Phi) is 6.45. The van der Waals surface area contributed by atoms with Crippen LogP contribution in [-0.2, 0) is 10.0 Å². The van der Waals surface area contributed by atoms with Crippen LogP contribution in [0.3, 0.4) is 0 Å². The van der Waals surface area contributed by atoms with E-state index < -0.39 is 10.0 Å². The van der Waals surface area contributed by atoms with Gasteiger partial charge in [-0.15, -0.1) is 0 Å². The SMILES string of the molecule is CS(=O)(=O)Nc1ccc(Cl)cc1C(=O)N1CCCC[C@H]1c1cc2nc(N3CCC3)cc(C3CN(N)C3)n2n1. The van der Waals surface area contributed by atoms with Gasteiger partial charge in [0, 0.05) is 55.8 Å². The zero-order valence-corrected chi connectivity index (χ0v) is 22.7. The first-order valence-corrected chi connectivity index (χ1v) is 15.2. The van der Waals surface area contributed by atoms with Crippen molar-refractivity contribution in [2.75, 3.05) is 48.6 Å². The molecular weight excluding hydrogens is 528 g/mol. The summed E-state index contributed by atoms with van der Waals surface area (Å²) in [6.07, 6.45) is 4.77. The number of sulfonamides is 1. The molecule has 1 amide bonds. The summed E-state index contributed by atoms with van der Waals surface area (Å²) in [6, 6.07) is 8.44. The second-order valence-electron chi connectivity index (χ2n) is 10.4. The van der Waals surface area contributed by atoms with Crippen molar-refractivity contribution in [3.8, 4) is 0 Å². The summed E-state index contributed by atoms with van der Waals surface area (Å²) in [4.78, 5) is 22.8. The number of amides is 1. The molecule has 0 unspecified atom stereocenters. The number of carbonyl (C=O) groups excluding carboxylic acids is 1. The van der Waals surface area contributed by atoms with Crippen molar-refractivity contribution in [1.82, 2.24) is 24.5 Å². The van der Waals surface area contributed by atoms with Crippen LogP contribution >= 0.6 is 11.6 Å². The van der Waals surface area contributed by atoms with Crippen LogP contribution in [0.2, 0.25) is 5.02 Å². The molecule has 0 spiro atoms. The maximum absolute atomic E-state index is 13.9. The van der Waals surface area contributed by atoms with Gasteiger partial charge in [-0.25, -0.2) is 22.9 Å². The molecule has 38 heavy (non-hydrogen) atoms. The number of hydrazine groups is 1. The number of halogens is 1. The summed E-state index contributed by atoms with van der Waals surface area (Å²) in [5.41, 5.74) is 3.04. The molecule has 1 atom stereocenters. The topological polar surface area (TPSA) is 129 Å². The molecule has 1 aromatic carbocycles. The molecule has 13 heteroatoms. The number of carbonyl (C=O) groups is 1. The highest BCUT2D eigenvalue weighted by molar-refractivity contribution is 7.92. The lowest BCUT2D eigenvalue weighted by molar-refractivity contribution is 0.0606. The van der Waals surface area contributed by atoms with Crippen LogP contribution in [0.25, 0.3) is 5.65 Å². The molecule has 3 N–H and O–H groups in total. The van der Waals surface area contributed by atoms with Crippen LogP contribution < -0.4 is 15.5 Å². The van der Waals surface area contributed by atoms with Gasteiger partial charge < -0.3 is 9.80 Å². The number of aromatic nitrogens is 3. The average Bonchev–Trinajstić information content (AvgIpc) is 3.24. The molecule has 11 nitrogen and oxygen atoms in total. The summed E-state index contributed by atoms with van der Waals surface area (Å²) >= 11 is 6.22. The van der Waals surface area contributed by atoms with E-state index >= 15 is 0 Å². The van der Waals surface area contributed by atoms with Gasteiger partial charge >= 0.3 is 0 Å². The van der Waals surface area contributed by atoms with Gasteiger partial charge in [-0.3, -0.25) is 15.4 Å². The first-order valence-electron chi connectivity index (χ1n) is 12.9. The van der Waals surface area contributed by atoms with Crippen molar-refractivity contribution in [1.29, 1.82) is 0 Å². The van der Waals surface area contributed by atoms with Crippen LogP contribution in [-0.4, -0.2) is 77.8 Å². The van der Waals surface area contributed by atoms with E-state index in [1.807, 2.05) is 10.6 Å². The van der Waals surface area contributed by atoms with E-state index in [0.29, 0.717) is 11.6 Å². The van der Waals surface area contributed by atoms with Crippen LogP contribution in [0.15, 0.2) is 30.3 Å². The number of piperidine rings is 1. The van der Waals surface area contributed by atoms with E-state index in [4.69, 9.17) is 27.5 Å². The monoisotopic (exact) mass is 558 g/mol. The van der Waals surface area contributed by atoms with E-state index in [1.165, 1.54) is 12.1 Å². The van der Waals surface area contributed by atoms with Gasteiger partial charge in [0.05, 0.1) is 34.9 Å². The largest absolute Gasteiger partial charge is 0.356 e. The van der Waals surface area contributed by atoms with Gasteiger partial charge in [-0.05, 0) is 43.9 Å². The molecule has 3 aliphatic heterocycles. The van der Waals surface area contributed by atoms with Gasteiger partial charge in [0.1, 0.15) is 5.82 Å². The second kappa shape index (κ2) is 9.67. The van der Waals surface area contributed by atoms with Crippen molar-refractivity contribution in [3.63, 3.8) is 0 Å². The summed E-state index contributed by atoms with van der Waals surface area (Å²) in [5, 5.41) is 7.13. The van der Waals surface area contributed by atoms with Crippen molar-refractivity contribution in [3.05, 3.63) is 52.3 Å². The Bertz CT molecular complexity index is 1500. The number of hydrogen-bond acceptors (Lipinski definition) is 8. The van der Waals surface area contributed by atoms with Gasteiger partial charge in [-0.2, -0.15) is 5.10 Å². The zero-order chi connectivity index (χ0) is 26.6. The number of benzene rings is 1. The molecule has 0 bridgehead atoms. The first-order chi connectivity index (χ1) is 18.2. The molecule has 6 rings (SSSR count). The summed E-state index contributed by atoms with van der Waals surface area (Å²) in [6.45, 7) is 4.03. The van der Waals surface area contributed by atoms with Crippen LogP contribution in [0.5, 0.6) is 0 Å². The number of fused-ring (bicyclic) bond motifs is 1. The highest BCUT2D eigenvalue weighted by Crippen LogP contribution is 2.36. The number of hydrogen-bond donors (Lipinski definition) is 2. The Balaban J connectivity index is 1.38. The van der Waals surface area contributed by atoms with Gasteiger partial charge in [-0.1, -0.05) is 11.6 Å². The van der Waals surface area contributed by atoms with Crippen LogP contribution in [0, 0.1) is 0 Å². The third kappa shape index (κ3) is 4.81. The zero-order valence-electron chi connectivity index (χ0n) is 21.2.